The van der Waals surface area contributed by atoms with E-state index in [2.05, 4.69) is 4.98 Å². The van der Waals surface area contributed by atoms with Gasteiger partial charge in [0.1, 0.15) is 17.0 Å². The summed E-state index contributed by atoms with van der Waals surface area (Å²) >= 11 is 6.47. The predicted molar refractivity (Wildman–Crippen MR) is 87.1 cm³/mol. The molecule has 2 aliphatic heterocycles. The highest BCUT2D eigenvalue weighted by atomic mass is 35.5. The largest absolute Gasteiger partial charge is 0.342 e. The molecule has 0 unspecified atom stereocenters. The molecule has 0 aliphatic carbocycles. The summed E-state index contributed by atoms with van der Waals surface area (Å²) in [6.07, 6.45) is 0. The van der Waals surface area contributed by atoms with Gasteiger partial charge in [0.25, 0.3) is 0 Å². The maximum Gasteiger partial charge on any atom is 0.149 e. The Balaban J connectivity index is 0.00000132. The van der Waals surface area contributed by atoms with E-state index < -0.39 is 0 Å². The van der Waals surface area contributed by atoms with E-state index >= 15 is 0 Å². The number of aryl methyl sites for hydroxylation is 1. The Morgan fingerprint density at radius 1 is 1.05 bits per heavy atom. The van der Waals surface area contributed by atoms with Crippen molar-refractivity contribution >= 4 is 45.8 Å². The first kappa shape index (κ1) is 14.1. The standard InChI is InChI=1S/C16H10ClFN2.ClH/c1-20-12-8-3-2-5-9(12)13(17)15-16(20)10-6-4-7-11(18)14(10)19-15;/h2-8H,1H3;1H. The van der Waals surface area contributed by atoms with Crippen LogP contribution in [0.2, 0.25) is 5.02 Å². The lowest BCUT2D eigenvalue weighted by molar-refractivity contribution is 0.637. The van der Waals surface area contributed by atoms with Crippen LogP contribution in [0.1, 0.15) is 0 Å². The number of benzene rings is 2. The van der Waals surface area contributed by atoms with Gasteiger partial charge in [0.2, 0.25) is 0 Å². The molecular weight excluding hydrogens is 310 g/mol. The number of para-hydroxylation sites is 2. The Kier molecular flexibility index (Phi) is 3.27. The van der Waals surface area contributed by atoms with E-state index in [0.29, 0.717) is 16.2 Å². The van der Waals surface area contributed by atoms with Gasteiger partial charge in [-0.1, -0.05) is 41.9 Å². The fourth-order valence-electron chi connectivity index (χ4n) is 2.80. The van der Waals surface area contributed by atoms with Gasteiger partial charge in [-0.3, -0.25) is 0 Å². The maximum absolute atomic E-state index is 13.9. The fourth-order valence-corrected chi connectivity index (χ4v) is 3.10. The second kappa shape index (κ2) is 4.86. The van der Waals surface area contributed by atoms with Crippen LogP contribution in [-0.2, 0) is 7.05 Å². The summed E-state index contributed by atoms with van der Waals surface area (Å²) in [5, 5.41) is 2.28. The minimum Gasteiger partial charge on any atom is -0.342 e. The molecule has 106 valence electrons. The zero-order valence-corrected chi connectivity index (χ0v) is 12.7. The third-order valence-electron chi connectivity index (χ3n) is 3.74. The summed E-state index contributed by atoms with van der Waals surface area (Å²) in [4.78, 5) is 4.40. The number of halogens is 3. The van der Waals surface area contributed by atoms with Crippen molar-refractivity contribution in [3.8, 4) is 11.4 Å². The van der Waals surface area contributed by atoms with Gasteiger partial charge >= 0.3 is 0 Å². The highest BCUT2D eigenvalue weighted by molar-refractivity contribution is 6.38. The van der Waals surface area contributed by atoms with E-state index in [0.717, 1.165) is 22.0 Å². The molecule has 0 radical (unpaired) electrons. The van der Waals surface area contributed by atoms with E-state index in [1.165, 1.54) is 6.07 Å². The Hall–Kier alpha value is -1.84. The van der Waals surface area contributed by atoms with E-state index in [1.807, 2.05) is 41.9 Å². The van der Waals surface area contributed by atoms with Crippen LogP contribution in [0.25, 0.3) is 33.2 Å². The van der Waals surface area contributed by atoms with Gasteiger partial charge in [-0.2, -0.15) is 0 Å². The van der Waals surface area contributed by atoms with Crippen molar-refractivity contribution in [2.75, 3.05) is 0 Å². The highest BCUT2D eigenvalue weighted by Crippen LogP contribution is 2.40. The molecule has 0 N–H and O–H groups in total. The molecule has 0 aromatic heterocycles. The van der Waals surface area contributed by atoms with Crippen molar-refractivity contribution in [1.29, 1.82) is 0 Å². The summed E-state index contributed by atoms with van der Waals surface area (Å²) < 4.78 is 15.9. The number of fused-ring (bicyclic) bond motifs is 4. The Morgan fingerprint density at radius 3 is 2.57 bits per heavy atom. The summed E-state index contributed by atoms with van der Waals surface area (Å²) in [5.41, 5.74) is 2.88. The van der Waals surface area contributed by atoms with E-state index in [1.54, 1.807) is 6.07 Å². The molecule has 0 saturated heterocycles. The van der Waals surface area contributed by atoms with E-state index in [-0.39, 0.29) is 18.2 Å². The number of aromatic nitrogens is 2. The predicted octanol–water partition coefficient (Wildman–Crippen LogP) is 5.05. The molecule has 2 heterocycles. The smallest absolute Gasteiger partial charge is 0.149 e. The summed E-state index contributed by atoms with van der Waals surface area (Å²) in [6.45, 7) is 0. The molecule has 4 rings (SSSR count). The lowest BCUT2D eigenvalue weighted by atomic mass is 10.1. The molecule has 0 bridgehead atoms. The number of rotatable bonds is 0. The minimum atomic E-state index is -0.321. The monoisotopic (exact) mass is 320 g/mol. The van der Waals surface area contributed by atoms with Gasteiger partial charge in [0, 0.05) is 23.3 Å². The van der Waals surface area contributed by atoms with Gasteiger partial charge in [-0.25, -0.2) is 9.37 Å². The zero-order chi connectivity index (χ0) is 13.9. The topological polar surface area (TPSA) is 17.8 Å². The minimum absolute atomic E-state index is 0. The summed E-state index contributed by atoms with van der Waals surface area (Å²) in [7, 11) is 1.95. The average molecular weight is 321 g/mol. The highest BCUT2D eigenvalue weighted by Gasteiger charge is 2.22. The van der Waals surface area contributed by atoms with E-state index in [4.69, 9.17) is 11.6 Å². The molecule has 0 spiro atoms. The van der Waals surface area contributed by atoms with E-state index in [9.17, 15) is 4.39 Å². The summed E-state index contributed by atoms with van der Waals surface area (Å²) in [6, 6.07) is 12.8. The van der Waals surface area contributed by atoms with Crippen LogP contribution in [0.15, 0.2) is 42.5 Å². The van der Waals surface area contributed by atoms with Crippen LogP contribution < -0.4 is 0 Å². The molecule has 2 aromatic carbocycles. The number of hydrogen-bond donors (Lipinski definition) is 0. The van der Waals surface area contributed by atoms with Gasteiger partial charge in [0.05, 0.1) is 10.7 Å². The number of nitrogens with zero attached hydrogens (tertiary/aromatic N) is 2. The lowest BCUT2D eigenvalue weighted by Crippen LogP contribution is -1.99. The Morgan fingerprint density at radius 2 is 1.76 bits per heavy atom. The molecule has 2 aliphatic rings. The van der Waals surface area contributed by atoms with Crippen molar-refractivity contribution in [3.05, 3.63) is 53.3 Å². The normalized spacial score (nSPS) is 11.2. The Labute approximate surface area is 131 Å². The third kappa shape index (κ3) is 1.81. The quantitative estimate of drug-likeness (QED) is 0.443. The molecule has 5 heteroatoms. The van der Waals surface area contributed by atoms with Crippen LogP contribution in [0.5, 0.6) is 0 Å². The zero-order valence-electron chi connectivity index (χ0n) is 11.1. The molecule has 2 nitrogen and oxygen atoms in total. The van der Waals surface area contributed by atoms with Crippen molar-refractivity contribution in [3.63, 3.8) is 0 Å². The fraction of sp³-hybridized carbons (Fsp3) is 0.0625. The van der Waals surface area contributed by atoms with Crippen LogP contribution in [0.3, 0.4) is 0 Å². The molecule has 0 saturated carbocycles. The first-order valence-electron chi connectivity index (χ1n) is 6.29. The lowest BCUT2D eigenvalue weighted by Gasteiger charge is -2.14. The number of pyridine rings is 1. The molecule has 0 fully saturated rings. The van der Waals surface area contributed by atoms with Crippen LogP contribution in [0, 0.1) is 5.82 Å². The molecule has 0 amide bonds. The average Bonchev–Trinajstić information content (AvgIpc) is 2.86. The Bertz CT molecular complexity index is 946. The van der Waals surface area contributed by atoms with Crippen molar-refractivity contribution in [2.45, 2.75) is 0 Å². The van der Waals surface area contributed by atoms with Gasteiger partial charge in [-0.15, -0.1) is 12.4 Å². The first-order chi connectivity index (χ1) is 9.68. The van der Waals surface area contributed by atoms with Crippen LogP contribution in [0.4, 0.5) is 4.39 Å². The molecular formula is C16H11Cl2FN2. The summed E-state index contributed by atoms with van der Waals surface area (Å²) in [5.74, 6) is -0.321. The van der Waals surface area contributed by atoms with Crippen molar-refractivity contribution in [1.82, 2.24) is 9.55 Å². The number of hydrogen-bond acceptors (Lipinski definition) is 1. The van der Waals surface area contributed by atoms with Crippen LogP contribution >= 0.6 is 24.0 Å². The third-order valence-corrected chi connectivity index (χ3v) is 4.12. The van der Waals surface area contributed by atoms with Gasteiger partial charge in [-0.05, 0) is 12.1 Å². The van der Waals surface area contributed by atoms with Crippen molar-refractivity contribution in [2.24, 2.45) is 7.05 Å². The first-order valence-corrected chi connectivity index (χ1v) is 6.67. The maximum atomic E-state index is 13.9. The molecule has 0 atom stereocenters. The second-order valence-electron chi connectivity index (χ2n) is 4.84. The SMILES string of the molecule is Cl.Cn1c2c3cccc(F)c3nc-2c(Cl)c2ccccc21. The van der Waals surface area contributed by atoms with Crippen LogP contribution in [-0.4, -0.2) is 9.55 Å². The second-order valence-corrected chi connectivity index (χ2v) is 5.21. The van der Waals surface area contributed by atoms with Crippen molar-refractivity contribution < 1.29 is 4.39 Å². The van der Waals surface area contributed by atoms with Gasteiger partial charge in [0.15, 0.2) is 0 Å². The molecule has 21 heavy (non-hydrogen) atoms. The van der Waals surface area contributed by atoms with Gasteiger partial charge < -0.3 is 4.57 Å². The molecule has 2 aromatic rings.